The van der Waals surface area contributed by atoms with Gasteiger partial charge in [0.1, 0.15) is 11.9 Å². The first-order valence-corrected chi connectivity index (χ1v) is 6.64. The summed E-state index contributed by atoms with van der Waals surface area (Å²) in [7, 11) is 1.66. The van der Waals surface area contributed by atoms with Crippen LogP contribution in [0.1, 0.15) is 5.56 Å². The lowest BCUT2D eigenvalue weighted by molar-refractivity contribution is -0.384. The van der Waals surface area contributed by atoms with Crippen LogP contribution < -0.4 is 10.6 Å². The molecule has 0 aliphatic carbocycles. The number of nitro groups is 1. The van der Waals surface area contributed by atoms with Gasteiger partial charge in [0.25, 0.3) is 0 Å². The Morgan fingerprint density at radius 1 is 1.38 bits per heavy atom. The summed E-state index contributed by atoms with van der Waals surface area (Å²) in [4.78, 5) is 14.6. The highest BCUT2D eigenvalue weighted by molar-refractivity contribution is 9.10. The van der Waals surface area contributed by atoms with Crippen LogP contribution in [0.25, 0.3) is 0 Å². The lowest BCUT2D eigenvalue weighted by atomic mass is 10.2. The Hall–Kier alpha value is -2.66. The van der Waals surface area contributed by atoms with E-state index in [1.54, 1.807) is 25.2 Å². The summed E-state index contributed by atoms with van der Waals surface area (Å²) in [6.45, 7) is 0. The molecular formula is C13H10BrN5O2. The number of hydrogen-bond donors (Lipinski definition) is 2. The lowest BCUT2D eigenvalue weighted by Crippen LogP contribution is -2.03. The normalized spacial score (nSPS) is 9.76. The van der Waals surface area contributed by atoms with Crippen molar-refractivity contribution in [3.05, 3.63) is 50.5 Å². The molecule has 8 heteroatoms. The van der Waals surface area contributed by atoms with Gasteiger partial charge in [0.2, 0.25) is 5.82 Å². The lowest BCUT2D eigenvalue weighted by Gasteiger charge is -2.09. The van der Waals surface area contributed by atoms with Gasteiger partial charge in [-0.2, -0.15) is 5.26 Å². The van der Waals surface area contributed by atoms with Gasteiger partial charge in [-0.15, -0.1) is 0 Å². The molecular weight excluding hydrogens is 338 g/mol. The molecule has 0 bridgehead atoms. The molecule has 0 aliphatic heterocycles. The number of halogens is 1. The average molecular weight is 348 g/mol. The highest BCUT2D eigenvalue weighted by Gasteiger charge is 2.17. The van der Waals surface area contributed by atoms with Crippen molar-refractivity contribution in [2.24, 2.45) is 0 Å². The summed E-state index contributed by atoms with van der Waals surface area (Å²) >= 11 is 3.27. The number of nitrogens with zero attached hydrogens (tertiary/aromatic N) is 3. The highest BCUT2D eigenvalue weighted by Crippen LogP contribution is 2.29. The van der Waals surface area contributed by atoms with Gasteiger partial charge in [0.15, 0.2) is 0 Å². The van der Waals surface area contributed by atoms with Crippen LogP contribution in [-0.2, 0) is 0 Å². The standard InChI is InChI=1S/C13H10BrN5O2/c1-16-12-5-4-11(19(20)21)13(18-12)17-10-3-2-9(14)6-8(10)7-15/h2-6H,1H3,(H2,16,17,18). The van der Waals surface area contributed by atoms with Crippen molar-refractivity contribution in [3.63, 3.8) is 0 Å². The maximum absolute atomic E-state index is 11.1. The first-order chi connectivity index (χ1) is 10.0. The topological polar surface area (TPSA) is 104 Å². The van der Waals surface area contributed by atoms with E-state index in [0.29, 0.717) is 17.1 Å². The molecule has 1 aromatic carbocycles. The number of rotatable bonds is 4. The zero-order chi connectivity index (χ0) is 15.4. The quantitative estimate of drug-likeness (QED) is 0.648. The highest BCUT2D eigenvalue weighted by atomic mass is 79.9. The number of hydrogen-bond acceptors (Lipinski definition) is 6. The van der Waals surface area contributed by atoms with Crippen molar-refractivity contribution < 1.29 is 4.92 Å². The van der Waals surface area contributed by atoms with E-state index in [1.807, 2.05) is 6.07 Å². The third kappa shape index (κ3) is 3.27. The van der Waals surface area contributed by atoms with Crippen LogP contribution in [0, 0.1) is 21.4 Å². The van der Waals surface area contributed by atoms with Crippen LogP contribution in [0.15, 0.2) is 34.8 Å². The van der Waals surface area contributed by atoms with Crippen molar-refractivity contribution >= 4 is 38.9 Å². The van der Waals surface area contributed by atoms with Gasteiger partial charge in [-0.3, -0.25) is 10.1 Å². The molecule has 2 aromatic rings. The maximum atomic E-state index is 11.1. The average Bonchev–Trinajstić information content (AvgIpc) is 2.48. The molecule has 0 aliphatic rings. The SMILES string of the molecule is CNc1ccc([N+](=O)[O-])c(Nc2ccc(Br)cc2C#N)n1. The monoisotopic (exact) mass is 347 g/mol. The minimum Gasteiger partial charge on any atom is -0.373 e. The molecule has 0 unspecified atom stereocenters. The zero-order valence-corrected chi connectivity index (χ0v) is 12.5. The van der Waals surface area contributed by atoms with Gasteiger partial charge in [-0.25, -0.2) is 4.98 Å². The molecule has 0 radical (unpaired) electrons. The van der Waals surface area contributed by atoms with Crippen LogP contribution in [0.5, 0.6) is 0 Å². The number of benzene rings is 1. The first-order valence-electron chi connectivity index (χ1n) is 5.85. The van der Waals surface area contributed by atoms with Crippen molar-refractivity contribution in [1.29, 1.82) is 5.26 Å². The van der Waals surface area contributed by atoms with Crippen molar-refractivity contribution in [3.8, 4) is 6.07 Å². The predicted octanol–water partition coefficient (Wildman–Crippen LogP) is 3.41. The molecule has 0 amide bonds. The minimum atomic E-state index is -0.528. The van der Waals surface area contributed by atoms with E-state index < -0.39 is 4.92 Å². The summed E-state index contributed by atoms with van der Waals surface area (Å²) in [5.41, 5.74) is 0.640. The van der Waals surface area contributed by atoms with E-state index in [1.165, 1.54) is 12.1 Å². The molecule has 7 nitrogen and oxygen atoms in total. The summed E-state index contributed by atoms with van der Waals surface area (Å²) in [5, 5.41) is 25.8. The fourth-order valence-corrected chi connectivity index (χ4v) is 2.04. The largest absolute Gasteiger partial charge is 0.373 e. The Bertz CT molecular complexity index is 742. The second-order valence-corrected chi connectivity index (χ2v) is 4.91. The van der Waals surface area contributed by atoms with Gasteiger partial charge in [0, 0.05) is 17.6 Å². The third-order valence-corrected chi connectivity index (χ3v) is 3.18. The van der Waals surface area contributed by atoms with Crippen molar-refractivity contribution in [2.45, 2.75) is 0 Å². The zero-order valence-electron chi connectivity index (χ0n) is 10.9. The second kappa shape index (κ2) is 6.19. The van der Waals surface area contributed by atoms with Crippen LogP contribution in [0.4, 0.5) is 23.0 Å². The molecule has 0 saturated carbocycles. The fraction of sp³-hybridized carbons (Fsp3) is 0.0769. The van der Waals surface area contributed by atoms with Crippen molar-refractivity contribution in [1.82, 2.24) is 4.98 Å². The van der Waals surface area contributed by atoms with Crippen LogP contribution in [0.2, 0.25) is 0 Å². The molecule has 2 N–H and O–H groups in total. The number of nitrogens with one attached hydrogen (secondary N) is 2. The molecule has 0 spiro atoms. The van der Waals surface area contributed by atoms with Crippen LogP contribution in [-0.4, -0.2) is 17.0 Å². The number of aromatic nitrogens is 1. The fourth-order valence-electron chi connectivity index (χ4n) is 1.68. The maximum Gasteiger partial charge on any atom is 0.311 e. The molecule has 0 fully saturated rings. The van der Waals surface area contributed by atoms with Gasteiger partial charge in [-0.05, 0) is 24.3 Å². The van der Waals surface area contributed by atoms with E-state index in [-0.39, 0.29) is 11.5 Å². The van der Waals surface area contributed by atoms with E-state index in [4.69, 9.17) is 5.26 Å². The van der Waals surface area contributed by atoms with Gasteiger partial charge in [0.05, 0.1) is 16.2 Å². The van der Waals surface area contributed by atoms with Gasteiger partial charge < -0.3 is 10.6 Å². The molecule has 1 aromatic heterocycles. The minimum absolute atomic E-state index is 0.0747. The molecule has 0 saturated heterocycles. The molecule has 2 rings (SSSR count). The summed E-state index contributed by atoms with van der Waals surface area (Å²) in [5.74, 6) is 0.560. The van der Waals surface area contributed by atoms with Gasteiger partial charge >= 0.3 is 5.69 Å². The molecule has 21 heavy (non-hydrogen) atoms. The number of nitriles is 1. The van der Waals surface area contributed by atoms with E-state index in [2.05, 4.69) is 31.5 Å². The van der Waals surface area contributed by atoms with Gasteiger partial charge in [-0.1, -0.05) is 15.9 Å². The van der Waals surface area contributed by atoms with Crippen LogP contribution >= 0.6 is 15.9 Å². The molecule has 0 atom stereocenters. The Labute approximate surface area is 128 Å². The number of anilines is 3. The Kier molecular flexibility index (Phi) is 4.35. The summed E-state index contributed by atoms with van der Waals surface area (Å²) < 4.78 is 0.746. The Balaban J connectivity index is 2.48. The van der Waals surface area contributed by atoms with Crippen molar-refractivity contribution in [2.75, 3.05) is 17.7 Å². The Morgan fingerprint density at radius 2 is 2.14 bits per heavy atom. The van der Waals surface area contributed by atoms with E-state index in [0.717, 1.165) is 4.47 Å². The van der Waals surface area contributed by atoms with Crippen LogP contribution in [0.3, 0.4) is 0 Å². The molecule has 1 heterocycles. The number of pyridine rings is 1. The second-order valence-electron chi connectivity index (χ2n) is 4.00. The molecule has 106 valence electrons. The summed E-state index contributed by atoms with van der Waals surface area (Å²) in [6, 6.07) is 9.90. The van der Waals surface area contributed by atoms with E-state index in [9.17, 15) is 10.1 Å². The first kappa shape index (κ1) is 14.7. The smallest absolute Gasteiger partial charge is 0.311 e. The Morgan fingerprint density at radius 3 is 2.76 bits per heavy atom. The predicted molar refractivity (Wildman–Crippen MR) is 82.6 cm³/mol. The summed E-state index contributed by atoms with van der Waals surface area (Å²) in [6.07, 6.45) is 0. The van der Waals surface area contributed by atoms with E-state index >= 15 is 0 Å². The third-order valence-electron chi connectivity index (χ3n) is 2.68.